The van der Waals surface area contributed by atoms with Gasteiger partial charge in [0.2, 0.25) is 5.88 Å². The number of rotatable bonds is 5. The van der Waals surface area contributed by atoms with Gasteiger partial charge in [0.1, 0.15) is 29.2 Å². The van der Waals surface area contributed by atoms with Gasteiger partial charge in [0.05, 0.1) is 23.6 Å². The van der Waals surface area contributed by atoms with Crippen LogP contribution in [0.1, 0.15) is 24.0 Å². The standard InChI is InChI=1S/C21H20ClN3O4/c1-11-4-5-16-13(8-11)9-14(19(22)25-16)18-15(10-23)20(24)29-12(2)17(18)21(26)28-7-6-27-3/h4-5,8-9,18H,6-7,24H2,1-3H3. The van der Waals surface area contributed by atoms with E-state index >= 15 is 0 Å². The van der Waals surface area contributed by atoms with Gasteiger partial charge >= 0.3 is 5.97 Å². The lowest BCUT2D eigenvalue weighted by atomic mass is 9.83. The normalized spacial score (nSPS) is 16.6. The number of hydrogen-bond acceptors (Lipinski definition) is 7. The molecular formula is C21H20ClN3O4. The van der Waals surface area contributed by atoms with E-state index in [4.69, 9.17) is 31.5 Å². The van der Waals surface area contributed by atoms with E-state index in [1.807, 2.05) is 37.3 Å². The Morgan fingerprint density at radius 3 is 2.79 bits per heavy atom. The second kappa shape index (κ2) is 8.52. The minimum Gasteiger partial charge on any atom is -0.460 e. The lowest BCUT2D eigenvalue weighted by Gasteiger charge is -2.27. The van der Waals surface area contributed by atoms with Crippen molar-refractivity contribution in [2.45, 2.75) is 19.8 Å². The Bertz CT molecular complexity index is 1090. The van der Waals surface area contributed by atoms with Crippen LogP contribution in [0.4, 0.5) is 0 Å². The lowest BCUT2D eigenvalue weighted by molar-refractivity contribution is -0.140. The maximum absolute atomic E-state index is 12.8. The molecule has 2 heterocycles. The molecule has 150 valence electrons. The summed E-state index contributed by atoms with van der Waals surface area (Å²) in [6, 6.07) is 9.60. The second-order valence-corrected chi connectivity index (χ2v) is 6.95. The number of carbonyl (C=O) groups excluding carboxylic acids is 1. The molecule has 1 aromatic heterocycles. The molecule has 0 saturated carbocycles. The van der Waals surface area contributed by atoms with Crippen molar-refractivity contribution in [1.82, 2.24) is 4.98 Å². The van der Waals surface area contributed by atoms with Crippen molar-refractivity contribution in [2.24, 2.45) is 5.73 Å². The van der Waals surface area contributed by atoms with Crippen LogP contribution in [0.25, 0.3) is 10.9 Å². The molecule has 2 N–H and O–H groups in total. The van der Waals surface area contributed by atoms with Crippen LogP contribution in [0, 0.1) is 18.3 Å². The molecule has 8 heteroatoms. The number of nitrogens with zero attached hydrogens (tertiary/aromatic N) is 2. The van der Waals surface area contributed by atoms with Gasteiger partial charge in [-0.2, -0.15) is 5.26 Å². The summed E-state index contributed by atoms with van der Waals surface area (Å²) in [5.74, 6) is -1.32. The number of nitrogens with two attached hydrogens (primary N) is 1. The van der Waals surface area contributed by atoms with Gasteiger partial charge < -0.3 is 19.9 Å². The van der Waals surface area contributed by atoms with Crippen LogP contribution in [0.5, 0.6) is 0 Å². The van der Waals surface area contributed by atoms with Crippen LogP contribution < -0.4 is 5.73 Å². The van der Waals surface area contributed by atoms with E-state index in [1.165, 1.54) is 7.11 Å². The first kappa shape index (κ1) is 20.6. The molecule has 1 aliphatic rings. The van der Waals surface area contributed by atoms with Crippen molar-refractivity contribution >= 4 is 28.5 Å². The highest BCUT2D eigenvalue weighted by molar-refractivity contribution is 6.30. The summed E-state index contributed by atoms with van der Waals surface area (Å²) in [6.07, 6.45) is 0. The molecule has 7 nitrogen and oxygen atoms in total. The van der Waals surface area contributed by atoms with Crippen LogP contribution in [0.15, 0.2) is 47.1 Å². The number of esters is 1. The van der Waals surface area contributed by atoms with Gasteiger partial charge in [-0.05, 0) is 32.0 Å². The van der Waals surface area contributed by atoms with Gasteiger partial charge in [-0.3, -0.25) is 0 Å². The van der Waals surface area contributed by atoms with E-state index in [0.29, 0.717) is 11.1 Å². The van der Waals surface area contributed by atoms with Crippen LogP contribution in [-0.4, -0.2) is 31.3 Å². The van der Waals surface area contributed by atoms with Crippen molar-refractivity contribution < 1.29 is 19.0 Å². The first-order chi connectivity index (χ1) is 13.9. The third kappa shape index (κ3) is 4.04. The van der Waals surface area contributed by atoms with Crippen molar-refractivity contribution in [3.05, 3.63) is 63.3 Å². The molecule has 2 aromatic rings. The predicted molar refractivity (Wildman–Crippen MR) is 108 cm³/mol. The largest absolute Gasteiger partial charge is 0.460 e. The van der Waals surface area contributed by atoms with E-state index in [1.54, 1.807) is 6.92 Å². The first-order valence-corrected chi connectivity index (χ1v) is 9.26. The maximum Gasteiger partial charge on any atom is 0.338 e. The number of halogens is 1. The molecule has 0 fully saturated rings. The summed E-state index contributed by atoms with van der Waals surface area (Å²) >= 11 is 6.47. The van der Waals surface area contributed by atoms with Gasteiger partial charge in [0.15, 0.2) is 0 Å². The SMILES string of the molecule is COCCOC(=O)C1=C(C)OC(N)=C(C#N)C1c1cc2cc(C)ccc2nc1Cl. The topological polar surface area (TPSA) is 107 Å². The summed E-state index contributed by atoms with van der Waals surface area (Å²) in [5, 5.41) is 10.7. The van der Waals surface area contributed by atoms with Crippen molar-refractivity contribution in [3.63, 3.8) is 0 Å². The molecule has 1 unspecified atom stereocenters. The molecule has 0 bridgehead atoms. The molecule has 1 atom stereocenters. The van der Waals surface area contributed by atoms with E-state index < -0.39 is 11.9 Å². The van der Waals surface area contributed by atoms with Crippen molar-refractivity contribution in [1.29, 1.82) is 5.26 Å². The van der Waals surface area contributed by atoms with Crippen LogP contribution in [-0.2, 0) is 19.0 Å². The number of pyridine rings is 1. The van der Waals surface area contributed by atoms with Crippen LogP contribution >= 0.6 is 11.6 Å². The number of methoxy groups -OCH3 is 1. The molecule has 0 aliphatic carbocycles. The highest BCUT2D eigenvalue weighted by Gasteiger charge is 2.38. The highest BCUT2D eigenvalue weighted by atomic mass is 35.5. The second-order valence-electron chi connectivity index (χ2n) is 6.59. The van der Waals surface area contributed by atoms with Crippen molar-refractivity contribution in [3.8, 4) is 6.07 Å². The highest BCUT2D eigenvalue weighted by Crippen LogP contribution is 2.42. The monoisotopic (exact) mass is 413 g/mol. The zero-order chi connectivity index (χ0) is 21.1. The fourth-order valence-electron chi connectivity index (χ4n) is 3.24. The smallest absolute Gasteiger partial charge is 0.338 e. The number of benzene rings is 1. The van der Waals surface area contributed by atoms with Crippen LogP contribution in [0.3, 0.4) is 0 Å². The fourth-order valence-corrected chi connectivity index (χ4v) is 3.50. The maximum atomic E-state index is 12.8. The summed E-state index contributed by atoms with van der Waals surface area (Å²) in [5.41, 5.74) is 8.40. The Hall–Kier alpha value is -3.08. The van der Waals surface area contributed by atoms with E-state index in [2.05, 4.69) is 4.98 Å². The summed E-state index contributed by atoms with van der Waals surface area (Å²) in [4.78, 5) is 17.2. The Balaban J connectivity index is 2.17. The van der Waals surface area contributed by atoms with Gasteiger partial charge in [-0.15, -0.1) is 0 Å². The average molecular weight is 414 g/mol. The number of hydrogen-bond donors (Lipinski definition) is 1. The average Bonchev–Trinajstić information content (AvgIpc) is 2.67. The number of nitriles is 1. The molecule has 0 radical (unpaired) electrons. The zero-order valence-electron chi connectivity index (χ0n) is 16.3. The molecule has 1 aliphatic heterocycles. The Morgan fingerprint density at radius 1 is 1.34 bits per heavy atom. The molecule has 0 amide bonds. The third-order valence-electron chi connectivity index (χ3n) is 4.61. The molecule has 0 spiro atoms. The van der Waals surface area contributed by atoms with E-state index in [0.717, 1.165) is 10.9 Å². The Labute approximate surface area is 173 Å². The number of carbonyl (C=O) groups is 1. The number of aryl methyl sites for hydroxylation is 1. The van der Waals surface area contributed by atoms with Gasteiger partial charge in [-0.25, -0.2) is 9.78 Å². The van der Waals surface area contributed by atoms with Crippen molar-refractivity contribution in [2.75, 3.05) is 20.3 Å². The molecule has 0 saturated heterocycles. The minimum absolute atomic E-state index is 0.0583. The predicted octanol–water partition coefficient (Wildman–Crippen LogP) is 3.47. The third-order valence-corrected chi connectivity index (χ3v) is 4.91. The van der Waals surface area contributed by atoms with E-state index in [-0.39, 0.29) is 41.2 Å². The molecule has 1 aromatic carbocycles. The van der Waals surface area contributed by atoms with Gasteiger partial charge in [-0.1, -0.05) is 23.2 Å². The quantitative estimate of drug-likeness (QED) is 0.454. The summed E-state index contributed by atoms with van der Waals surface area (Å²) in [7, 11) is 1.50. The minimum atomic E-state index is -0.853. The zero-order valence-corrected chi connectivity index (χ0v) is 17.0. The lowest BCUT2D eigenvalue weighted by Crippen LogP contribution is -2.26. The number of allylic oxidation sites excluding steroid dienone is 2. The number of fused-ring (bicyclic) bond motifs is 1. The Morgan fingerprint density at radius 2 is 2.10 bits per heavy atom. The van der Waals surface area contributed by atoms with Gasteiger partial charge in [0, 0.05) is 18.1 Å². The summed E-state index contributed by atoms with van der Waals surface area (Å²) in [6.45, 7) is 3.85. The van der Waals surface area contributed by atoms with Gasteiger partial charge in [0.25, 0.3) is 0 Å². The fraction of sp³-hybridized carbons (Fsp3) is 0.286. The first-order valence-electron chi connectivity index (χ1n) is 8.88. The number of ether oxygens (including phenoxy) is 3. The number of aromatic nitrogens is 1. The molecule has 29 heavy (non-hydrogen) atoms. The van der Waals surface area contributed by atoms with E-state index in [9.17, 15) is 10.1 Å². The molecule has 3 rings (SSSR count). The van der Waals surface area contributed by atoms with Crippen LogP contribution in [0.2, 0.25) is 5.15 Å². The molecular weight excluding hydrogens is 394 g/mol. The summed E-state index contributed by atoms with van der Waals surface area (Å²) < 4.78 is 15.6. The Kier molecular flexibility index (Phi) is 6.06.